The molecular formula is C25H35NO3. The van der Waals surface area contributed by atoms with Crippen LogP contribution in [-0.4, -0.2) is 29.3 Å². The SMILES string of the molecule is CC(=O)O[C@@H]1[C][C@@]2(O)[C@H](C)CC[C@@H]([C@H](C)CNCc3ccccc3C)[C@H]2C=C1C. The summed E-state index contributed by atoms with van der Waals surface area (Å²) in [6.45, 7) is 11.6. The number of aliphatic hydroxyl groups is 1. The normalized spacial score (nSPS) is 32.8. The molecule has 0 bridgehead atoms. The first kappa shape index (κ1) is 22.0. The quantitative estimate of drug-likeness (QED) is 0.561. The lowest BCUT2D eigenvalue weighted by Gasteiger charge is -2.52. The predicted molar refractivity (Wildman–Crippen MR) is 115 cm³/mol. The van der Waals surface area contributed by atoms with E-state index in [1.54, 1.807) is 0 Å². The molecule has 0 amide bonds. The zero-order chi connectivity index (χ0) is 21.2. The molecule has 1 aromatic rings. The molecule has 2 aliphatic rings. The molecule has 1 fully saturated rings. The number of esters is 1. The number of carbonyl (C=O) groups is 1. The van der Waals surface area contributed by atoms with E-state index < -0.39 is 11.7 Å². The maximum Gasteiger partial charge on any atom is 0.303 e. The number of hydrogen-bond acceptors (Lipinski definition) is 4. The fourth-order valence-corrected chi connectivity index (χ4v) is 5.00. The number of rotatable bonds is 6. The van der Waals surface area contributed by atoms with Gasteiger partial charge in [-0.3, -0.25) is 4.79 Å². The molecule has 3 rings (SSSR count). The van der Waals surface area contributed by atoms with Crippen molar-refractivity contribution in [2.45, 2.75) is 65.7 Å². The molecule has 6 atom stereocenters. The van der Waals surface area contributed by atoms with E-state index in [9.17, 15) is 9.90 Å². The lowest BCUT2D eigenvalue weighted by molar-refractivity contribution is -0.148. The van der Waals surface area contributed by atoms with Crippen molar-refractivity contribution in [1.29, 1.82) is 0 Å². The van der Waals surface area contributed by atoms with Gasteiger partial charge in [-0.2, -0.15) is 0 Å². The predicted octanol–water partition coefficient (Wildman–Crippen LogP) is 4.09. The maximum atomic E-state index is 11.6. The largest absolute Gasteiger partial charge is 0.457 e. The van der Waals surface area contributed by atoms with E-state index in [2.05, 4.69) is 62.9 Å². The molecule has 2 N–H and O–H groups in total. The van der Waals surface area contributed by atoms with Crippen LogP contribution in [-0.2, 0) is 16.1 Å². The third-order valence-corrected chi connectivity index (χ3v) is 6.93. The van der Waals surface area contributed by atoms with Gasteiger partial charge in [0.05, 0.1) is 12.0 Å². The number of aryl methyl sites for hydroxylation is 1. The van der Waals surface area contributed by atoms with Crippen LogP contribution in [0, 0.1) is 37.0 Å². The van der Waals surface area contributed by atoms with Crippen LogP contribution in [0.25, 0.3) is 0 Å². The Labute approximate surface area is 175 Å². The summed E-state index contributed by atoms with van der Waals surface area (Å²) in [5.41, 5.74) is 2.55. The summed E-state index contributed by atoms with van der Waals surface area (Å²) in [4.78, 5) is 11.5. The summed E-state index contributed by atoms with van der Waals surface area (Å²) in [5.74, 6) is 0.540. The van der Waals surface area contributed by atoms with Gasteiger partial charge in [-0.15, -0.1) is 0 Å². The van der Waals surface area contributed by atoms with Crippen molar-refractivity contribution in [2.75, 3.05) is 6.54 Å². The smallest absolute Gasteiger partial charge is 0.303 e. The van der Waals surface area contributed by atoms with Crippen LogP contribution in [0.3, 0.4) is 0 Å². The summed E-state index contributed by atoms with van der Waals surface area (Å²) in [5, 5.41) is 15.2. The highest BCUT2D eigenvalue weighted by Gasteiger charge is 2.53. The first-order chi connectivity index (χ1) is 13.7. The average molecular weight is 398 g/mol. The molecule has 1 saturated carbocycles. The Bertz CT molecular complexity index is 758. The molecule has 2 aliphatic carbocycles. The Morgan fingerprint density at radius 2 is 2.07 bits per heavy atom. The molecule has 0 heterocycles. The molecule has 0 saturated heterocycles. The van der Waals surface area contributed by atoms with E-state index in [-0.39, 0.29) is 17.8 Å². The fraction of sp³-hybridized carbons (Fsp3) is 0.600. The number of nitrogens with one attached hydrogen (secondary N) is 1. The van der Waals surface area contributed by atoms with Gasteiger partial charge in [0.2, 0.25) is 0 Å². The van der Waals surface area contributed by atoms with Crippen LogP contribution in [0.5, 0.6) is 0 Å². The highest BCUT2D eigenvalue weighted by Crippen LogP contribution is 2.50. The highest BCUT2D eigenvalue weighted by atomic mass is 16.5. The van der Waals surface area contributed by atoms with Crippen molar-refractivity contribution in [3.63, 3.8) is 0 Å². The maximum absolute atomic E-state index is 11.6. The van der Waals surface area contributed by atoms with E-state index in [1.165, 1.54) is 18.1 Å². The standard InChI is InChI=1S/C25H35NO3/c1-16-8-6-7-9-21(16)15-26-14-18(3)22-11-10-19(4)25(28)13-24(29-20(5)27)17(2)12-23(22)25/h6-9,12,18-19,22-24,26,28H,10-11,14-15H2,1-5H3/t18-,19-,22+,23-,24-,25-/m1/s1. The summed E-state index contributed by atoms with van der Waals surface area (Å²) in [6.07, 6.45) is 6.89. The number of carbonyl (C=O) groups excluding carboxylic acids is 1. The molecule has 4 nitrogen and oxygen atoms in total. The van der Waals surface area contributed by atoms with Gasteiger partial charge in [0, 0.05) is 19.4 Å². The van der Waals surface area contributed by atoms with Crippen LogP contribution in [0.4, 0.5) is 0 Å². The zero-order valence-electron chi connectivity index (χ0n) is 18.4. The minimum atomic E-state index is -1.05. The molecule has 29 heavy (non-hydrogen) atoms. The Hall–Kier alpha value is -1.65. The topological polar surface area (TPSA) is 58.6 Å². The van der Waals surface area contributed by atoms with Crippen molar-refractivity contribution >= 4 is 5.97 Å². The van der Waals surface area contributed by atoms with Gasteiger partial charge in [0.15, 0.2) is 0 Å². The van der Waals surface area contributed by atoms with Crippen LogP contribution in [0.2, 0.25) is 0 Å². The summed E-state index contributed by atoms with van der Waals surface area (Å²) >= 11 is 0. The second kappa shape index (κ2) is 9.01. The average Bonchev–Trinajstić information content (AvgIpc) is 2.65. The second-order valence-electron chi connectivity index (χ2n) is 9.07. The van der Waals surface area contributed by atoms with Gasteiger partial charge in [-0.25, -0.2) is 0 Å². The first-order valence-electron chi connectivity index (χ1n) is 10.8. The van der Waals surface area contributed by atoms with Crippen LogP contribution >= 0.6 is 0 Å². The van der Waals surface area contributed by atoms with Crippen molar-refractivity contribution < 1.29 is 14.6 Å². The lowest BCUT2D eigenvalue weighted by Crippen LogP contribution is -2.56. The molecule has 0 aromatic heterocycles. The van der Waals surface area contributed by atoms with E-state index in [0.717, 1.165) is 31.5 Å². The molecule has 0 aliphatic heterocycles. The van der Waals surface area contributed by atoms with Gasteiger partial charge < -0.3 is 15.2 Å². The van der Waals surface area contributed by atoms with Gasteiger partial charge in [-0.1, -0.05) is 44.2 Å². The molecule has 4 heteroatoms. The second-order valence-corrected chi connectivity index (χ2v) is 9.07. The van der Waals surface area contributed by atoms with Crippen molar-refractivity contribution in [2.24, 2.45) is 23.7 Å². The van der Waals surface area contributed by atoms with E-state index >= 15 is 0 Å². The number of ether oxygens (including phenoxy) is 1. The van der Waals surface area contributed by atoms with Gasteiger partial charge in [0.25, 0.3) is 0 Å². The summed E-state index contributed by atoms with van der Waals surface area (Å²) < 4.78 is 5.40. The molecular weight excluding hydrogens is 362 g/mol. The van der Waals surface area contributed by atoms with Crippen LogP contribution < -0.4 is 5.32 Å². The van der Waals surface area contributed by atoms with E-state index in [1.807, 2.05) is 6.92 Å². The number of benzene rings is 1. The van der Waals surface area contributed by atoms with Crippen molar-refractivity contribution in [3.8, 4) is 0 Å². The van der Waals surface area contributed by atoms with Gasteiger partial charge in [0.1, 0.15) is 6.10 Å². The highest BCUT2D eigenvalue weighted by molar-refractivity contribution is 5.66. The third kappa shape index (κ3) is 4.75. The number of hydrogen-bond donors (Lipinski definition) is 2. The van der Waals surface area contributed by atoms with Gasteiger partial charge in [-0.05, 0) is 67.7 Å². The number of fused-ring (bicyclic) bond motifs is 1. The molecule has 0 spiro atoms. The minimum Gasteiger partial charge on any atom is -0.457 e. The monoisotopic (exact) mass is 397 g/mol. The van der Waals surface area contributed by atoms with E-state index in [4.69, 9.17) is 4.74 Å². The van der Waals surface area contributed by atoms with Gasteiger partial charge >= 0.3 is 5.97 Å². The Morgan fingerprint density at radius 1 is 1.34 bits per heavy atom. The first-order valence-corrected chi connectivity index (χ1v) is 10.8. The van der Waals surface area contributed by atoms with Crippen LogP contribution in [0.1, 0.15) is 51.7 Å². The zero-order valence-corrected chi connectivity index (χ0v) is 18.4. The summed E-state index contributed by atoms with van der Waals surface area (Å²) in [7, 11) is 0. The molecule has 2 radical (unpaired) electrons. The Kier molecular flexibility index (Phi) is 6.85. The van der Waals surface area contributed by atoms with E-state index in [0.29, 0.717) is 11.8 Å². The minimum absolute atomic E-state index is 0.00770. The molecule has 0 unspecified atom stereocenters. The van der Waals surface area contributed by atoms with Crippen LogP contribution in [0.15, 0.2) is 35.9 Å². The molecule has 1 aromatic carbocycles. The Balaban J connectivity index is 1.70. The van der Waals surface area contributed by atoms with Crippen molar-refractivity contribution in [3.05, 3.63) is 53.5 Å². The fourth-order valence-electron chi connectivity index (χ4n) is 5.00. The molecule has 158 valence electrons. The Morgan fingerprint density at radius 3 is 2.76 bits per heavy atom. The third-order valence-electron chi connectivity index (χ3n) is 6.93. The van der Waals surface area contributed by atoms with Crippen molar-refractivity contribution in [1.82, 2.24) is 5.32 Å². The summed E-state index contributed by atoms with van der Waals surface area (Å²) in [6, 6.07) is 8.46. The lowest BCUT2D eigenvalue weighted by atomic mass is 9.57.